The third-order valence-corrected chi connectivity index (χ3v) is 4.17. The molecule has 0 aliphatic carbocycles. The van der Waals surface area contributed by atoms with Crippen molar-refractivity contribution in [1.29, 1.82) is 0 Å². The van der Waals surface area contributed by atoms with Crippen LogP contribution in [0.1, 0.15) is 16.7 Å². The van der Waals surface area contributed by atoms with Crippen molar-refractivity contribution in [2.24, 2.45) is 10.7 Å². The van der Waals surface area contributed by atoms with Crippen molar-refractivity contribution < 1.29 is 9.47 Å². The number of amidine groups is 1. The predicted molar refractivity (Wildman–Crippen MR) is 106 cm³/mol. The third-order valence-electron chi connectivity index (χ3n) is 4.17. The molecule has 1 aliphatic rings. The van der Waals surface area contributed by atoms with Crippen LogP contribution in [0.3, 0.4) is 0 Å². The van der Waals surface area contributed by atoms with Crippen LogP contribution < -0.4 is 15.2 Å². The van der Waals surface area contributed by atoms with Crippen molar-refractivity contribution in [3.63, 3.8) is 0 Å². The first-order valence-electron chi connectivity index (χ1n) is 8.66. The van der Waals surface area contributed by atoms with Crippen molar-refractivity contribution in [2.75, 3.05) is 6.79 Å². The Bertz CT molecular complexity index is 980. The average molecular weight is 357 g/mol. The van der Waals surface area contributed by atoms with Gasteiger partial charge in [-0.05, 0) is 47.4 Å². The Morgan fingerprint density at radius 1 is 1.04 bits per heavy atom. The first kappa shape index (κ1) is 16.8. The summed E-state index contributed by atoms with van der Waals surface area (Å²) in [6.07, 6.45) is 8.28. The average Bonchev–Trinajstić information content (AvgIpc) is 3.16. The predicted octanol–water partition coefficient (Wildman–Crippen LogP) is 4.10. The second-order valence-corrected chi connectivity index (χ2v) is 6.19. The molecule has 1 aromatic heterocycles. The Balaban J connectivity index is 1.41. The van der Waals surface area contributed by atoms with Crippen molar-refractivity contribution in [1.82, 2.24) is 4.98 Å². The van der Waals surface area contributed by atoms with Crippen LogP contribution in [0, 0.1) is 0 Å². The lowest BCUT2D eigenvalue weighted by molar-refractivity contribution is 0.174. The molecule has 134 valence electrons. The summed E-state index contributed by atoms with van der Waals surface area (Å²) in [5, 5.41) is 0. The number of benzene rings is 2. The Hall–Kier alpha value is -3.60. The lowest BCUT2D eigenvalue weighted by atomic mass is 10.0. The first-order valence-corrected chi connectivity index (χ1v) is 8.66. The van der Waals surface area contributed by atoms with Crippen molar-refractivity contribution in [3.05, 3.63) is 89.8 Å². The minimum Gasteiger partial charge on any atom is -0.454 e. The summed E-state index contributed by atoms with van der Waals surface area (Å²) in [5.41, 5.74) is 10.2. The van der Waals surface area contributed by atoms with Crippen molar-refractivity contribution >= 4 is 17.6 Å². The molecule has 3 aromatic rings. The van der Waals surface area contributed by atoms with Crippen LogP contribution >= 0.6 is 0 Å². The highest BCUT2D eigenvalue weighted by molar-refractivity contribution is 5.96. The van der Waals surface area contributed by atoms with Crippen LogP contribution in [0.15, 0.2) is 78.1 Å². The number of rotatable bonds is 5. The quantitative estimate of drug-likeness (QED) is 0.551. The Morgan fingerprint density at radius 3 is 2.70 bits per heavy atom. The molecule has 2 aromatic carbocycles. The van der Waals surface area contributed by atoms with Crippen LogP contribution in [0.4, 0.5) is 5.69 Å². The van der Waals surface area contributed by atoms with E-state index >= 15 is 0 Å². The van der Waals surface area contributed by atoms with Gasteiger partial charge in [-0.3, -0.25) is 4.98 Å². The molecule has 0 unspecified atom stereocenters. The molecule has 0 amide bonds. The van der Waals surface area contributed by atoms with Gasteiger partial charge in [0.1, 0.15) is 5.84 Å². The van der Waals surface area contributed by atoms with E-state index in [2.05, 4.69) is 40.3 Å². The molecule has 2 N–H and O–H groups in total. The smallest absolute Gasteiger partial charge is 0.231 e. The zero-order chi connectivity index (χ0) is 18.5. The summed E-state index contributed by atoms with van der Waals surface area (Å²) in [5.74, 6) is 1.85. The number of aromatic nitrogens is 1. The molecule has 4 rings (SSSR count). The van der Waals surface area contributed by atoms with Crippen molar-refractivity contribution in [2.45, 2.75) is 6.42 Å². The largest absolute Gasteiger partial charge is 0.454 e. The minimum atomic E-state index is 0.245. The minimum absolute atomic E-state index is 0.245. The second kappa shape index (κ2) is 7.74. The Labute approximate surface area is 157 Å². The van der Waals surface area contributed by atoms with Gasteiger partial charge in [-0.2, -0.15) is 0 Å². The van der Waals surface area contributed by atoms with Gasteiger partial charge < -0.3 is 15.2 Å². The van der Waals surface area contributed by atoms with Gasteiger partial charge in [-0.15, -0.1) is 0 Å². The van der Waals surface area contributed by atoms with Crippen LogP contribution in [0.2, 0.25) is 0 Å². The molecular formula is C22H19N3O2. The molecule has 0 saturated heterocycles. The first-order chi connectivity index (χ1) is 13.3. The highest BCUT2D eigenvalue weighted by atomic mass is 16.7. The molecule has 0 spiro atoms. The Kier molecular flexibility index (Phi) is 4.83. The fourth-order valence-electron chi connectivity index (χ4n) is 2.81. The summed E-state index contributed by atoms with van der Waals surface area (Å²) in [6, 6.07) is 17.9. The number of hydrogen-bond acceptors (Lipinski definition) is 4. The number of nitrogens with zero attached hydrogens (tertiary/aromatic N) is 2. The maximum absolute atomic E-state index is 6.02. The summed E-state index contributed by atoms with van der Waals surface area (Å²) in [7, 11) is 0. The second-order valence-electron chi connectivity index (χ2n) is 6.19. The molecule has 27 heavy (non-hydrogen) atoms. The van der Waals surface area contributed by atoms with Crippen molar-refractivity contribution in [3.8, 4) is 11.5 Å². The summed E-state index contributed by atoms with van der Waals surface area (Å²) < 4.78 is 10.6. The molecule has 0 atom stereocenters. The normalized spacial score (nSPS) is 13.3. The molecular weight excluding hydrogens is 338 g/mol. The SMILES string of the molecule is NC(C=Cc1ccc(Cc2cccnc2)cc1)=Nc1ccc2c(c1)OCO2. The van der Waals surface area contributed by atoms with Crippen LogP contribution in [0.25, 0.3) is 6.08 Å². The van der Waals surface area contributed by atoms with Gasteiger partial charge >= 0.3 is 0 Å². The maximum Gasteiger partial charge on any atom is 0.231 e. The highest BCUT2D eigenvalue weighted by Gasteiger charge is 2.12. The molecule has 5 heteroatoms. The number of nitrogens with two attached hydrogens (primary N) is 1. The summed E-state index contributed by atoms with van der Waals surface area (Å²) in [4.78, 5) is 8.54. The van der Waals surface area contributed by atoms with Gasteiger partial charge in [0.05, 0.1) is 5.69 Å². The summed E-state index contributed by atoms with van der Waals surface area (Å²) >= 11 is 0. The fourth-order valence-corrected chi connectivity index (χ4v) is 2.81. The number of hydrogen-bond donors (Lipinski definition) is 1. The lowest BCUT2D eigenvalue weighted by Gasteiger charge is -2.02. The van der Waals surface area contributed by atoms with E-state index in [1.54, 1.807) is 12.3 Å². The van der Waals surface area contributed by atoms with Crippen LogP contribution in [-0.4, -0.2) is 17.6 Å². The number of pyridine rings is 1. The highest BCUT2D eigenvalue weighted by Crippen LogP contribution is 2.35. The van der Waals surface area contributed by atoms with Gasteiger partial charge in [-0.25, -0.2) is 4.99 Å². The number of aliphatic imine (C=N–C) groups is 1. The maximum atomic E-state index is 6.02. The topological polar surface area (TPSA) is 69.7 Å². The van der Waals surface area contributed by atoms with E-state index in [9.17, 15) is 0 Å². The van der Waals surface area contributed by atoms with E-state index in [4.69, 9.17) is 15.2 Å². The molecule has 0 saturated carbocycles. The molecule has 0 bridgehead atoms. The molecule has 5 nitrogen and oxygen atoms in total. The van der Waals surface area contributed by atoms with E-state index in [1.165, 1.54) is 11.1 Å². The van der Waals surface area contributed by atoms with Gasteiger partial charge in [0, 0.05) is 18.5 Å². The van der Waals surface area contributed by atoms with E-state index in [0.29, 0.717) is 11.6 Å². The summed E-state index contributed by atoms with van der Waals surface area (Å²) in [6.45, 7) is 0.245. The molecule has 0 fully saturated rings. The van der Waals surface area contributed by atoms with E-state index < -0.39 is 0 Å². The fraction of sp³-hybridized carbons (Fsp3) is 0.0909. The number of ether oxygens (including phenoxy) is 2. The monoisotopic (exact) mass is 357 g/mol. The Morgan fingerprint density at radius 2 is 1.89 bits per heavy atom. The standard InChI is InChI=1S/C22H19N3O2/c23-22(25-19-8-9-20-21(13-19)27-15-26-20)10-7-16-3-5-17(6-4-16)12-18-2-1-11-24-14-18/h1-11,13-14H,12,15H2,(H2,23,25). The van der Waals surface area contributed by atoms with Crippen LogP contribution in [-0.2, 0) is 6.42 Å². The van der Waals surface area contributed by atoms with Gasteiger partial charge in [0.25, 0.3) is 0 Å². The van der Waals surface area contributed by atoms with E-state index in [-0.39, 0.29) is 6.79 Å². The molecule has 1 aliphatic heterocycles. The number of fused-ring (bicyclic) bond motifs is 1. The zero-order valence-corrected chi connectivity index (χ0v) is 14.7. The third kappa shape index (κ3) is 4.33. The van der Waals surface area contributed by atoms with Gasteiger partial charge in [-0.1, -0.05) is 36.4 Å². The molecule has 0 radical (unpaired) electrons. The zero-order valence-electron chi connectivity index (χ0n) is 14.7. The van der Waals surface area contributed by atoms with E-state index in [0.717, 1.165) is 23.4 Å². The molecule has 2 heterocycles. The van der Waals surface area contributed by atoms with Gasteiger partial charge in [0.15, 0.2) is 11.5 Å². The van der Waals surface area contributed by atoms with Crippen LogP contribution in [0.5, 0.6) is 11.5 Å². The van der Waals surface area contributed by atoms with E-state index in [1.807, 2.05) is 36.5 Å². The lowest BCUT2D eigenvalue weighted by Crippen LogP contribution is -2.06. The van der Waals surface area contributed by atoms with Gasteiger partial charge in [0.2, 0.25) is 6.79 Å².